The second-order valence-electron chi connectivity index (χ2n) is 4.38. The number of benzene rings is 1. The van der Waals surface area contributed by atoms with Crippen LogP contribution in [0, 0.1) is 20.8 Å². The molecule has 0 aliphatic rings. The Bertz CT molecular complexity index is 720. The van der Waals surface area contributed by atoms with Crippen LogP contribution in [0.4, 0.5) is 11.6 Å². The second-order valence-corrected chi connectivity index (χ2v) is 6.00. The Balaban J connectivity index is 2.48. The fourth-order valence-electron chi connectivity index (χ4n) is 1.76. The predicted octanol–water partition coefficient (Wildman–Crippen LogP) is 1.98. The van der Waals surface area contributed by atoms with Gasteiger partial charge in [-0.3, -0.25) is 0 Å². The first-order chi connectivity index (χ1) is 8.81. The summed E-state index contributed by atoms with van der Waals surface area (Å²) in [5.41, 5.74) is 7.98. The summed E-state index contributed by atoms with van der Waals surface area (Å²) in [4.78, 5) is 0.0709. The largest absolute Gasteiger partial charge is 0.397 e. The first kappa shape index (κ1) is 13.4. The van der Waals surface area contributed by atoms with Gasteiger partial charge in [-0.1, -0.05) is 17.3 Å². The molecule has 3 N–H and O–H groups in total. The lowest BCUT2D eigenvalue weighted by molar-refractivity contribution is 0.430. The van der Waals surface area contributed by atoms with Gasteiger partial charge in [0.2, 0.25) is 5.88 Å². The van der Waals surface area contributed by atoms with E-state index in [0.29, 0.717) is 16.8 Å². The summed E-state index contributed by atoms with van der Waals surface area (Å²) in [6.45, 7) is 5.15. The number of sulfonamides is 1. The van der Waals surface area contributed by atoms with Crippen molar-refractivity contribution in [3.8, 4) is 0 Å². The zero-order valence-electron chi connectivity index (χ0n) is 10.9. The van der Waals surface area contributed by atoms with E-state index in [-0.39, 0.29) is 16.5 Å². The number of nitrogens with zero attached hydrogens (tertiary/aromatic N) is 1. The lowest BCUT2D eigenvalue weighted by atomic mass is 10.1. The molecular weight excluding hydrogens is 266 g/mol. The molecule has 1 heterocycles. The molecule has 0 bridgehead atoms. The highest BCUT2D eigenvalue weighted by atomic mass is 32.2. The molecule has 0 saturated heterocycles. The van der Waals surface area contributed by atoms with E-state index in [1.54, 1.807) is 32.9 Å². The van der Waals surface area contributed by atoms with Crippen LogP contribution in [-0.2, 0) is 10.0 Å². The smallest absolute Gasteiger partial charge is 0.266 e. The predicted molar refractivity (Wildman–Crippen MR) is 72.4 cm³/mol. The van der Waals surface area contributed by atoms with Gasteiger partial charge < -0.3 is 10.3 Å². The molecule has 0 aliphatic heterocycles. The van der Waals surface area contributed by atoms with Crippen LogP contribution in [0.3, 0.4) is 0 Å². The van der Waals surface area contributed by atoms with Gasteiger partial charge in [-0.05, 0) is 31.9 Å². The van der Waals surface area contributed by atoms with Gasteiger partial charge in [0.1, 0.15) is 4.90 Å². The molecule has 102 valence electrons. The van der Waals surface area contributed by atoms with Crippen molar-refractivity contribution in [1.29, 1.82) is 0 Å². The van der Waals surface area contributed by atoms with Crippen molar-refractivity contribution in [2.45, 2.75) is 25.7 Å². The summed E-state index contributed by atoms with van der Waals surface area (Å²) in [6, 6.07) is 4.99. The minimum atomic E-state index is -3.79. The van der Waals surface area contributed by atoms with Crippen LogP contribution < -0.4 is 10.5 Å². The molecule has 19 heavy (non-hydrogen) atoms. The Hall–Kier alpha value is -2.02. The maximum absolute atomic E-state index is 12.3. The third-order valence-electron chi connectivity index (χ3n) is 2.74. The van der Waals surface area contributed by atoms with E-state index in [1.807, 2.05) is 0 Å². The Morgan fingerprint density at radius 2 is 1.84 bits per heavy atom. The van der Waals surface area contributed by atoms with E-state index in [1.165, 1.54) is 6.07 Å². The van der Waals surface area contributed by atoms with Gasteiger partial charge in [-0.15, -0.1) is 0 Å². The van der Waals surface area contributed by atoms with Gasteiger partial charge in [-0.2, -0.15) is 0 Å². The van der Waals surface area contributed by atoms with Gasteiger partial charge in [0.05, 0.1) is 11.4 Å². The van der Waals surface area contributed by atoms with Crippen molar-refractivity contribution < 1.29 is 12.9 Å². The number of nitrogen functional groups attached to an aromatic ring is 1. The number of aromatic nitrogens is 1. The third-order valence-corrected chi connectivity index (χ3v) is 4.29. The summed E-state index contributed by atoms with van der Waals surface area (Å²) in [5.74, 6) is 0.0674. The van der Waals surface area contributed by atoms with E-state index in [9.17, 15) is 8.42 Å². The van der Waals surface area contributed by atoms with Gasteiger partial charge in [0, 0.05) is 6.07 Å². The van der Waals surface area contributed by atoms with Crippen LogP contribution in [0.1, 0.15) is 16.8 Å². The highest BCUT2D eigenvalue weighted by Crippen LogP contribution is 2.27. The van der Waals surface area contributed by atoms with Crippen LogP contribution in [0.2, 0.25) is 0 Å². The molecule has 6 nitrogen and oxygen atoms in total. The number of nitrogens with one attached hydrogen (secondary N) is 1. The summed E-state index contributed by atoms with van der Waals surface area (Å²) in [6.07, 6.45) is 0. The Labute approximate surface area is 111 Å². The van der Waals surface area contributed by atoms with E-state index in [4.69, 9.17) is 10.3 Å². The fraction of sp³-hybridized carbons (Fsp3) is 0.250. The highest BCUT2D eigenvalue weighted by Gasteiger charge is 2.22. The Morgan fingerprint density at radius 1 is 1.21 bits per heavy atom. The van der Waals surface area contributed by atoms with Crippen molar-refractivity contribution in [2.75, 3.05) is 10.5 Å². The summed E-state index contributed by atoms with van der Waals surface area (Å²) < 4.78 is 31.8. The molecule has 1 aromatic carbocycles. The molecule has 0 aliphatic carbocycles. The molecule has 0 amide bonds. The third kappa shape index (κ3) is 2.55. The first-order valence-corrected chi connectivity index (χ1v) is 7.11. The molecule has 2 rings (SSSR count). The van der Waals surface area contributed by atoms with Gasteiger partial charge in [0.15, 0.2) is 0 Å². The van der Waals surface area contributed by atoms with Crippen LogP contribution in [-0.4, -0.2) is 13.6 Å². The lowest BCUT2D eigenvalue weighted by Gasteiger charge is -2.12. The van der Waals surface area contributed by atoms with Crippen LogP contribution >= 0.6 is 0 Å². The van der Waals surface area contributed by atoms with Crippen LogP contribution in [0.25, 0.3) is 0 Å². The molecule has 0 atom stereocenters. The van der Waals surface area contributed by atoms with E-state index < -0.39 is 10.0 Å². The van der Waals surface area contributed by atoms with Gasteiger partial charge >= 0.3 is 0 Å². The molecule has 0 unspecified atom stereocenters. The molecule has 0 spiro atoms. The number of nitrogens with two attached hydrogens (primary N) is 1. The normalized spacial score (nSPS) is 11.5. The molecule has 0 radical (unpaired) electrons. The van der Waals surface area contributed by atoms with Gasteiger partial charge in [0.25, 0.3) is 10.0 Å². The SMILES string of the molecule is Cc1cc(NS(=O)(=O)c2c(C)ccc(C)c2N)on1. The van der Waals surface area contributed by atoms with Crippen LogP contribution in [0.5, 0.6) is 0 Å². The molecule has 7 heteroatoms. The summed E-state index contributed by atoms with van der Waals surface area (Å²) in [5, 5.41) is 3.62. The van der Waals surface area contributed by atoms with Crippen molar-refractivity contribution in [2.24, 2.45) is 0 Å². The zero-order valence-corrected chi connectivity index (χ0v) is 11.7. The average molecular weight is 281 g/mol. The minimum absolute atomic E-state index is 0.0674. The van der Waals surface area contributed by atoms with Gasteiger partial charge in [-0.25, -0.2) is 13.1 Å². The molecular formula is C12H15N3O3S. The van der Waals surface area contributed by atoms with Crippen molar-refractivity contribution in [3.05, 3.63) is 35.0 Å². The number of hydrogen-bond acceptors (Lipinski definition) is 5. The molecule has 1 aromatic heterocycles. The molecule has 0 saturated carbocycles. The average Bonchev–Trinajstić information content (AvgIpc) is 2.68. The Morgan fingerprint density at radius 3 is 2.42 bits per heavy atom. The zero-order chi connectivity index (χ0) is 14.2. The summed E-state index contributed by atoms with van der Waals surface area (Å²) >= 11 is 0. The quantitative estimate of drug-likeness (QED) is 0.838. The standard InChI is InChI=1S/C12H15N3O3S/c1-7-4-5-8(2)12(11(7)13)19(16,17)15-10-6-9(3)14-18-10/h4-6,15H,13H2,1-3H3. The van der Waals surface area contributed by atoms with E-state index in [2.05, 4.69) is 9.88 Å². The monoisotopic (exact) mass is 281 g/mol. The van der Waals surface area contributed by atoms with E-state index >= 15 is 0 Å². The first-order valence-electron chi connectivity index (χ1n) is 5.63. The number of hydrogen-bond donors (Lipinski definition) is 2. The summed E-state index contributed by atoms with van der Waals surface area (Å²) in [7, 11) is -3.79. The number of anilines is 2. The minimum Gasteiger partial charge on any atom is -0.397 e. The number of rotatable bonds is 3. The van der Waals surface area contributed by atoms with Crippen molar-refractivity contribution >= 4 is 21.6 Å². The number of aryl methyl sites for hydroxylation is 3. The lowest BCUT2D eigenvalue weighted by Crippen LogP contribution is -2.16. The maximum Gasteiger partial charge on any atom is 0.266 e. The van der Waals surface area contributed by atoms with E-state index in [0.717, 1.165) is 0 Å². The second kappa shape index (κ2) is 4.58. The molecule has 2 aromatic rings. The fourth-order valence-corrected chi connectivity index (χ4v) is 3.16. The molecule has 0 fully saturated rings. The maximum atomic E-state index is 12.3. The topological polar surface area (TPSA) is 98.2 Å². The highest BCUT2D eigenvalue weighted by molar-refractivity contribution is 7.93. The Kier molecular flexibility index (Phi) is 3.23. The van der Waals surface area contributed by atoms with Crippen molar-refractivity contribution in [3.63, 3.8) is 0 Å². The van der Waals surface area contributed by atoms with Crippen molar-refractivity contribution in [1.82, 2.24) is 5.16 Å². The van der Waals surface area contributed by atoms with Crippen LogP contribution in [0.15, 0.2) is 27.6 Å².